The molecule has 0 heterocycles. The minimum atomic E-state index is -0.255. The van der Waals surface area contributed by atoms with Crippen LogP contribution < -0.4 is 10.6 Å². The van der Waals surface area contributed by atoms with Crippen LogP contribution in [0.25, 0.3) is 0 Å². The Balaban J connectivity index is 3.09. The first-order valence-corrected chi connectivity index (χ1v) is 7.69. The molecular weight excluding hydrogens is 340 g/mol. The number of esters is 1. The predicted molar refractivity (Wildman–Crippen MR) is 89.2 cm³/mol. The average Bonchev–Trinajstić information content (AvgIpc) is 2.38. The van der Waals surface area contributed by atoms with E-state index < -0.39 is 0 Å². The highest BCUT2D eigenvalue weighted by Crippen LogP contribution is 2.25. The van der Waals surface area contributed by atoms with Gasteiger partial charge in [0.25, 0.3) is 0 Å². The number of nitrogens with zero attached hydrogens (tertiary/aromatic N) is 1. The van der Waals surface area contributed by atoms with Crippen LogP contribution in [0.2, 0.25) is 0 Å². The minimum Gasteiger partial charge on any atom is -0.465 e. The summed E-state index contributed by atoms with van der Waals surface area (Å²) in [7, 11) is 0. The lowest BCUT2D eigenvalue weighted by Gasteiger charge is -2.25. The van der Waals surface area contributed by atoms with Gasteiger partial charge in [0.1, 0.15) is 11.5 Å². The molecule has 0 saturated carbocycles. The first kappa shape index (κ1) is 16.9. The molecule has 2 N–H and O–H groups in total. The van der Waals surface area contributed by atoms with Crippen molar-refractivity contribution in [2.24, 2.45) is 5.73 Å². The molecule has 0 saturated heterocycles. The maximum absolute atomic E-state index is 11.7. The van der Waals surface area contributed by atoms with Crippen LogP contribution in [0.15, 0.2) is 22.7 Å². The van der Waals surface area contributed by atoms with E-state index in [-0.39, 0.29) is 12.5 Å². The van der Waals surface area contributed by atoms with Crippen molar-refractivity contribution < 1.29 is 9.53 Å². The number of halogens is 1. The molecule has 4 nitrogen and oxygen atoms in total. The number of thiocarbonyl (C=S) groups is 1. The van der Waals surface area contributed by atoms with Gasteiger partial charge in [-0.25, -0.2) is 0 Å². The van der Waals surface area contributed by atoms with Crippen LogP contribution in [0.5, 0.6) is 0 Å². The molecule has 1 rings (SSSR count). The van der Waals surface area contributed by atoms with Gasteiger partial charge in [-0.1, -0.05) is 35.1 Å². The van der Waals surface area contributed by atoms with E-state index in [4.69, 9.17) is 22.7 Å². The van der Waals surface area contributed by atoms with Crippen LogP contribution in [0.4, 0.5) is 5.69 Å². The summed E-state index contributed by atoms with van der Waals surface area (Å²) in [6, 6.07) is 5.66. The zero-order valence-corrected chi connectivity index (χ0v) is 14.1. The maximum atomic E-state index is 11.7. The molecule has 0 amide bonds. The number of carbonyl (C=O) groups is 1. The summed E-state index contributed by atoms with van der Waals surface area (Å²) in [4.78, 5) is 14.0. The van der Waals surface area contributed by atoms with E-state index in [1.165, 1.54) is 0 Å². The van der Waals surface area contributed by atoms with Crippen molar-refractivity contribution in [3.8, 4) is 0 Å². The standard InChI is InChI=1S/C14H19BrN2O2S/c1-3-7-17(9-13(18)19-4-2)12-8-10(15)5-6-11(12)14(16)20/h5-6,8H,3-4,7,9H2,1-2H3,(H2,16,20). The lowest BCUT2D eigenvalue weighted by atomic mass is 10.1. The minimum absolute atomic E-state index is 0.188. The highest BCUT2D eigenvalue weighted by atomic mass is 79.9. The van der Waals surface area contributed by atoms with Gasteiger partial charge in [0, 0.05) is 22.3 Å². The van der Waals surface area contributed by atoms with Gasteiger partial charge in [-0.15, -0.1) is 0 Å². The predicted octanol–water partition coefficient (Wildman–Crippen LogP) is 2.86. The lowest BCUT2D eigenvalue weighted by Crippen LogP contribution is -2.33. The third-order valence-corrected chi connectivity index (χ3v) is 3.40. The highest BCUT2D eigenvalue weighted by molar-refractivity contribution is 9.10. The smallest absolute Gasteiger partial charge is 0.325 e. The summed E-state index contributed by atoms with van der Waals surface area (Å²) in [5.41, 5.74) is 7.38. The van der Waals surface area contributed by atoms with Gasteiger partial charge < -0.3 is 15.4 Å². The van der Waals surface area contributed by atoms with E-state index in [1.807, 2.05) is 23.1 Å². The van der Waals surface area contributed by atoms with E-state index in [0.29, 0.717) is 11.6 Å². The molecule has 0 aromatic heterocycles. The molecule has 1 aromatic carbocycles. The fourth-order valence-electron chi connectivity index (χ4n) is 1.89. The third-order valence-electron chi connectivity index (χ3n) is 2.68. The van der Waals surface area contributed by atoms with E-state index in [9.17, 15) is 4.79 Å². The molecule has 0 atom stereocenters. The van der Waals surface area contributed by atoms with Crippen molar-refractivity contribution in [1.82, 2.24) is 0 Å². The number of hydrogen-bond donors (Lipinski definition) is 1. The van der Waals surface area contributed by atoms with Crippen molar-refractivity contribution in [2.75, 3.05) is 24.6 Å². The van der Waals surface area contributed by atoms with Gasteiger partial charge in [-0.2, -0.15) is 0 Å². The summed E-state index contributed by atoms with van der Waals surface area (Å²) < 4.78 is 5.93. The van der Waals surface area contributed by atoms with Crippen LogP contribution in [0.1, 0.15) is 25.8 Å². The number of carbonyl (C=O) groups excluding carboxylic acids is 1. The zero-order chi connectivity index (χ0) is 15.1. The lowest BCUT2D eigenvalue weighted by molar-refractivity contribution is -0.141. The van der Waals surface area contributed by atoms with Crippen molar-refractivity contribution >= 4 is 44.8 Å². The third kappa shape index (κ3) is 4.76. The number of hydrogen-bond acceptors (Lipinski definition) is 4. The topological polar surface area (TPSA) is 55.6 Å². The summed E-state index contributed by atoms with van der Waals surface area (Å²) >= 11 is 8.52. The van der Waals surface area contributed by atoms with Crippen molar-refractivity contribution in [3.05, 3.63) is 28.2 Å². The van der Waals surface area contributed by atoms with Gasteiger partial charge in [0.05, 0.1) is 6.61 Å². The molecule has 0 unspecified atom stereocenters. The molecule has 0 aliphatic carbocycles. The summed E-state index contributed by atoms with van der Waals surface area (Å²) in [6.45, 7) is 5.14. The zero-order valence-electron chi connectivity index (χ0n) is 11.7. The summed E-state index contributed by atoms with van der Waals surface area (Å²) in [5.74, 6) is -0.255. The van der Waals surface area contributed by atoms with Crippen LogP contribution in [-0.4, -0.2) is 30.7 Å². The Labute approximate surface area is 133 Å². The van der Waals surface area contributed by atoms with Gasteiger partial charge in [0.15, 0.2) is 0 Å². The van der Waals surface area contributed by atoms with Crippen LogP contribution >= 0.6 is 28.1 Å². The molecule has 6 heteroatoms. The van der Waals surface area contributed by atoms with Crippen LogP contribution in [0.3, 0.4) is 0 Å². The fraction of sp³-hybridized carbons (Fsp3) is 0.429. The number of anilines is 1. The van der Waals surface area contributed by atoms with Gasteiger partial charge >= 0.3 is 5.97 Å². The Morgan fingerprint density at radius 1 is 1.45 bits per heavy atom. The van der Waals surface area contributed by atoms with E-state index in [2.05, 4.69) is 22.9 Å². The number of benzene rings is 1. The Bertz CT molecular complexity index is 494. The van der Waals surface area contributed by atoms with Gasteiger partial charge in [0.2, 0.25) is 0 Å². The van der Waals surface area contributed by atoms with E-state index in [0.717, 1.165) is 28.7 Å². The van der Waals surface area contributed by atoms with Gasteiger partial charge in [-0.3, -0.25) is 4.79 Å². The Kier molecular flexibility index (Phi) is 6.95. The number of ether oxygens (including phenoxy) is 1. The van der Waals surface area contributed by atoms with Crippen molar-refractivity contribution in [1.29, 1.82) is 0 Å². The van der Waals surface area contributed by atoms with Gasteiger partial charge in [-0.05, 0) is 31.5 Å². The molecule has 1 aromatic rings. The number of nitrogens with two attached hydrogens (primary N) is 1. The molecule has 0 aliphatic rings. The summed E-state index contributed by atoms with van der Waals surface area (Å²) in [5, 5.41) is 0. The Morgan fingerprint density at radius 2 is 2.15 bits per heavy atom. The second kappa shape index (κ2) is 8.21. The van der Waals surface area contributed by atoms with Crippen LogP contribution in [-0.2, 0) is 9.53 Å². The van der Waals surface area contributed by atoms with E-state index in [1.54, 1.807) is 6.92 Å². The average molecular weight is 359 g/mol. The highest BCUT2D eigenvalue weighted by Gasteiger charge is 2.16. The normalized spacial score (nSPS) is 10.2. The first-order valence-electron chi connectivity index (χ1n) is 6.49. The molecule has 0 bridgehead atoms. The molecule has 0 aliphatic heterocycles. The van der Waals surface area contributed by atoms with Crippen molar-refractivity contribution in [3.63, 3.8) is 0 Å². The SMILES string of the molecule is CCCN(CC(=O)OCC)c1cc(Br)ccc1C(N)=S. The number of rotatable bonds is 7. The molecule has 0 spiro atoms. The monoisotopic (exact) mass is 358 g/mol. The fourth-order valence-corrected chi connectivity index (χ4v) is 2.41. The van der Waals surface area contributed by atoms with Crippen molar-refractivity contribution in [2.45, 2.75) is 20.3 Å². The summed E-state index contributed by atoms with van der Waals surface area (Å²) in [6.07, 6.45) is 0.905. The maximum Gasteiger partial charge on any atom is 0.325 e. The second-order valence-electron chi connectivity index (χ2n) is 4.25. The van der Waals surface area contributed by atoms with E-state index >= 15 is 0 Å². The molecule has 110 valence electrons. The Morgan fingerprint density at radius 3 is 2.70 bits per heavy atom. The van der Waals surface area contributed by atoms with Crippen LogP contribution in [0, 0.1) is 0 Å². The first-order chi connectivity index (χ1) is 9.49. The quantitative estimate of drug-likeness (QED) is 0.599. The largest absolute Gasteiger partial charge is 0.465 e. The molecule has 20 heavy (non-hydrogen) atoms. The Hall–Kier alpha value is -1.14. The molecule has 0 radical (unpaired) electrons. The second-order valence-corrected chi connectivity index (χ2v) is 5.61. The molecule has 0 fully saturated rings. The molecular formula is C14H19BrN2O2S.